The Morgan fingerprint density at radius 2 is 1.29 bits per heavy atom. The van der Waals surface area contributed by atoms with Crippen LogP contribution < -0.4 is 5.32 Å². The highest BCUT2D eigenvalue weighted by Gasteiger charge is 2.27. The largest absolute Gasteiger partial charge is 0.387 e. The van der Waals surface area contributed by atoms with Crippen molar-refractivity contribution < 1.29 is 28.0 Å². The average Bonchev–Trinajstić information content (AvgIpc) is 2.80. The quantitative estimate of drug-likeness (QED) is 0.0809. The molecule has 8 heteroatoms. The van der Waals surface area contributed by atoms with Crippen molar-refractivity contribution in [2.75, 3.05) is 5.75 Å². The van der Waals surface area contributed by atoms with Crippen LogP contribution in [0.5, 0.6) is 0 Å². The van der Waals surface area contributed by atoms with Gasteiger partial charge in [-0.2, -0.15) is 8.42 Å². The number of allylic oxidation sites excluding steroid dienone is 3. The van der Waals surface area contributed by atoms with E-state index in [9.17, 15) is 28.0 Å². The van der Waals surface area contributed by atoms with Gasteiger partial charge in [-0.25, -0.2) is 0 Å². The van der Waals surface area contributed by atoms with Gasteiger partial charge in [0.25, 0.3) is 10.1 Å². The molecule has 0 fully saturated rings. The van der Waals surface area contributed by atoms with E-state index in [2.05, 4.69) is 31.3 Å². The highest BCUT2D eigenvalue weighted by atomic mass is 32.2. The van der Waals surface area contributed by atoms with Gasteiger partial charge < -0.3 is 15.5 Å². The predicted octanol–water partition coefficient (Wildman–Crippen LogP) is 5.47. The molecule has 0 aromatic carbocycles. The molecule has 0 heterocycles. The van der Waals surface area contributed by atoms with Crippen LogP contribution in [0, 0.1) is 0 Å². The highest BCUT2D eigenvalue weighted by Crippen LogP contribution is 2.12. The molecule has 0 rings (SSSR count). The first-order valence-corrected chi connectivity index (χ1v) is 15.3. The van der Waals surface area contributed by atoms with Gasteiger partial charge in [0.1, 0.15) is 6.10 Å². The number of aliphatic hydroxyl groups excluding tert-OH is 2. The maximum absolute atomic E-state index is 12.4. The van der Waals surface area contributed by atoms with Gasteiger partial charge in [0, 0.05) is 0 Å². The maximum Gasteiger partial charge on any atom is 0.267 e. The topological polar surface area (TPSA) is 124 Å². The monoisotopic (exact) mass is 517 g/mol. The lowest BCUT2D eigenvalue weighted by Gasteiger charge is -2.22. The molecule has 0 spiro atoms. The first kappa shape index (κ1) is 33.8. The molecule has 3 atom stereocenters. The highest BCUT2D eigenvalue weighted by molar-refractivity contribution is 7.85. The summed E-state index contributed by atoms with van der Waals surface area (Å²) in [5, 5.41) is 22.9. The summed E-state index contributed by atoms with van der Waals surface area (Å²) in [5.74, 6) is -1.56. The summed E-state index contributed by atoms with van der Waals surface area (Å²) in [4.78, 5) is 12.4. The van der Waals surface area contributed by atoms with E-state index in [1.54, 1.807) is 6.08 Å². The summed E-state index contributed by atoms with van der Waals surface area (Å²) in [5.41, 5.74) is 0. The van der Waals surface area contributed by atoms with E-state index in [1.807, 2.05) is 0 Å². The van der Waals surface area contributed by atoms with Gasteiger partial charge in [-0.05, 0) is 32.1 Å². The van der Waals surface area contributed by atoms with Crippen molar-refractivity contribution >= 4 is 16.0 Å². The fraction of sp³-hybridized carbons (Fsp3) is 0.815. The van der Waals surface area contributed by atoms with Crippen LogP contribution in [0.1, 0.15) is 117 Å². The van der Waals surface area contributed by atoms with Crippen LogP contribution in [0.25, 0.3) is 0 Å². The summed E-state index contributed by atoms with van der Waals surface area (Å²) in [6.07, 6.45) is 21.2. The minimum Gasteiger partial charge on any atom is -0.387 e. The molecule has 0 aromatic rings. The molecule has 0 aliphatic rings. The van der Waals surface area contributed by atoms with Crippen molar-refractivity contribution in [3.63, 3.8) is 0 Å². The number of nitrogens with one attached hydrogen (secondary N) is 1. The van der Waals surface area contributed by atoms with Gasteiger partial charge in [-0.3, -0.25) is 9.35 Å². The molecule has 35 heavy (non-hydrogen) atoms. The lowest BCUT2D eigenvalue weighted by Crippen LogP contribution is -2.50. The first-order valence-electron chi connectivity index (χ1n) is 13.6. The van der Waals surface area contributed by atoms with E-state index in [4.69, 9.17) is 0 Å². The molecule has 0 radical (unpaired) electrons. The maximum atomic E-state index is 12.4. The van der Waals surface area contributed by atoms with Crippen molar-refractivity contribution in [3.8, 4) is 0 Å². The number of carbonyl (C=O) groups is 1. The Morgan fingerprint density at radius 1 is 0.771 bits per heavy atom. The van der Waals surface area contributed by atoms with Crippen molar-refractivity contribution in [2.24, 2.45) is 0 Å². The number of carbonyl (C=O) groups excluding carboxylic acids is 1. The third-order valence-electron chi connectivity index (χ3n) is 5.99. The number of rotatable bonds is 23. The van der Waals surface area contributed by atoms with Crippen LogP contribution in [0.15, 0.2) is 24.3 Å². The molecule has 1 amide bonds. The predicted molar refractivity (Wildman–Crippen MR) is 144 cm³/mol. The summed E-state index contributed by atoms with van der Waals surface area (Å²) in [6.45, 7) is 4.36. The summed E-state index contributed by atoms with van der Waals surface area (Å²) in [6, 6.07) is -1.24. The third kappa shape index (κ3) is 21.8. The van der Waals surface area contributed by atoms with Crippen molar-refractivity contribution in [2.45, 2.75) is 135 Å². The minimum atomic E-state index is -4.43. The van der Waals surface area contributed by atoms with Crippen LogP contribution in [-0.2, 0) is 14.9 Å². The Kier molecular flexibility index (Phi) is 21.2. The average molecular weight is 518 g/mol. The molecular weight excluding hydrogens is 466 g/mol. The molecule has 0 saturated carbocycles. The number of aliphatic hydroxyl groups is 2. The molecule has 206 valence electrons. The number of hydrogen-bond acceptors (Lipinski definition) is 5. The SMILES string of the molecule is CCCCC/C=C/CC/C=C/C(O)C(CS(=O)(=O)O)NC(=O)C(O)CCCCCCCCCCC. The molecule has 0 aliphatic heterocycles. The summed E-state index contributed by atoms with van der Waals surface area (Å²) >= 11 is 0. The zero-order valence-corrected chi connectivity index (χ0v) is 22.9. The van der Waals surface area contributed by atoms with E-state index in [1.165, 1.54) is 57.4 Å². The van der Waals surface area contributed by atoms with Crippen molar-refractivity contribution in [3.05, 3.63) is 24.3 Å². The number of amides is 1. The second-order valence-electron chi connectivity index (χ2n) is 9.46. The van der Waals surface area contributed by atoms with Crippen LogP contribution in [0.3, 0.4) is 0 Å². The van der Waals surface area contributed by atoms with Crippen LogP contribution in [0.2, 0.25) is 0 Å². The molecule has 3 unspecified atom stereocenters. The van der Waals surface area contributed by atoms with Crippen LogP contribution in [-0.4, -0.2) is 53.1 Å². The lowest BCUT2D eigenvalue weighted by molar-refractivity contribution is -0.130. The minimum absolute atomic E-state index is 0.275. The van der Waals surface area contributed by atoms with E-state index in [-0.39, 0.29) is 6.42 Å². The van der Waals surface area contributed by atoms with Gasteiger partial charge in [-0.1, -0.05) is 109 Å². The normalized spacial score (nSPS) is 15.0. The standard InChI is InChI=1S/C27H51NO6S/c1-3-5-7-9-11-13-15-17-19-21-25(29)24(23-35(32,33)34)28-27(31)26(30)22-20-18-16-14-12-10-8-6-4-2/h11,13,19,21,24-26,29-30H,3-10,12,14-18,20,22-23H2,1-2H3,(H,28,31)(H,32,33,34)/b13-11+,21-19+. The zero-order valence-electron chi connectivity index (χ0n) is 22.0. The second-order valence-corrected chi connectivity index (χ2v) is 11.0. The van der Waals surface area contributed by atoms with Gasteiger partial charge in [0.15, 0.2) is 0 Å². The molecule has 4 N–H and O–H groups in total. The fourth-order valence-electron chi connectivity index (χ4n) is 3.82. The second kappa shape index (κ2) is 22.0. The molecule has 0 bridgehead atoms. The van der Waals surface area contributed by atoms with E-state index >= 15 is 0 Å². The Bertz CT molecular complexity index is 677. The van der Waals surface area contributed by atoms with Crippen LogP contribution in [0.4, 0.5) is 0 Å². The van der Waals surface area contributed by atoms with Gasteiger partial charge in [0.2, 0.25) is 5.91 Å². The molecule has 0 saturated heterocycles. The Labute approximate surface area is 214 Å². The van der Waals surface area contributed by atoms with Gasteiger partial charge in [0.05, 0.1) is 17.9 Å². The van der Waals surface area contributed by atoms with Gasteiger partial charge in [-0.15, -0.1) is 0 Å². The summed E-state index contributed by atoms with van der Waals surface area (Å²) in [7, 11) is -4.43. The van der Waals surface area contributed by atoms with Crippen molar-refractivity contribution in [1.29, 1.82) is 0 Å². The summed E-state index contributed by atoms with van der Waals surface area (Å²) < 4.78 is 32.0. The smallest absolute Gasteiger partial charge is 0.267 e. The van der Waals surface area contributed by atoms with E-state index in [0.29, 0.717) is 12.8 Å². The number of unbranched alkanes of at least 4 members (excludes halogenated alkanes) is 12. The Balaban J connectivity index is 4.41. The lowest BCUT2D eigenvalue weighted by atomic mass is 10.0. The number of hydrogen-bond donors (Lipinski definition) is 4. The van der Waals surface area contributed by atoms with Gasteiger partial charge >= 0.3 is 0 Å². The van der Waals surface area contributed by atoms with E-state index in [0.717, 1.165) is 32.1 Å². The third-order valence-corrected chi connectivity index (χ3v) is 6.77. The van der Waals surface area contributed by atoms with Crippen molar-refractivity contribution in [1.82, 2.24) is 5.32 Å². The fourth-order valence-corrected chi connectivity index (χ4v) is 4.56. The molecule has 0 aromatic heterocycles. The zero-order chi connectivity index (χ0) is 26.4. The first-order chi connectivity index (χ1) is 16.7. The Morgan fingerprint density at radius 3 is 1.89 bits per heavy atom. The molecular formula is C27H51NO6S. The van der Waals surface area contributed by atoms with Crippen LogP contribution >= 0.6 is 0 Å². The Hall–Kier alpha value is -1.22. The molecule has 0 aliphatic carbocycles. The van der Waals surface area contributed by atoms with E-state index < -0.39 is 40.0 Å². The molecule has 7 nitrogen and oxygen atoms in total.